The SMILES string of the molecule is COc1cc(N)ccc1NS(=O)(=O)c1cccc(Br)c1. The number of benzene rings is 2. The molecule has 0 saturated carbocycles. The van der Waals surface area contributed by atoms with Crippen LogP contribution >= 0.6 is 15.9 Å². The molecule has 0 bridgehead atoms. The Morgan fingerprint density at radius 1 is 1.20 bits per heavy atom. The highest BCUT2D eigenvalue weighted by molar-refractivity contribution is 9.10. The number of anilines is 2. The summed E-state index contributed by atoms with van der Waals surface area (Å²) >= 11 is 3.24. The summed E-state index contributed by atoms with van der Waals surface area (Å²) in [6.45, 7) is 0. The molecule has 5 nitrogen and oxygen atoms in total. The molecule has 0 heterocycles. The van der Waals surface area contributed by atoms with Gasteiger partial charge in [-0.05, 0) is 30.3 Å². The van der Waals surface area contributed by atoms with Crippen molar-refractivity contribution in [3.63, 3.8) is 0 Å². The molecule has 2 aromatic carbocycles. The molecule has 0 unspecified atom stereocenters. The maximum Gasteiger partial charge on any atom is 0.262 e. The highest BCUT2D eigenvalue weighted by atomic mass is 79.9. The van der Waals surface area contributed by atoms with E-state index in [-0.39, 0.29) is 4.90 Å². The van der Waals surface area contributed by atoms with Crippen LogP contribution in [0.15, 0.2) is 51.8 Å². The summed E-state index contributed by atoms with van der Waals surface area (Å²) in [5.41, 5.74) is 6.46. The first kappa shape index (κ1) is 14.7. The zero-order valence-electron chi connectivity index (χ0n) is 10.6. The van der Waals surface area contributed by atoms with E-state index in [4.69, 9.17) is 10.5 Å². The maximum absolute atomic E-state index is 12.3. The van der Waals surface area contributed by atoms with E-state index in [1.54, 1.807) is 30.3 Å². The van der Waals surface area contributed by atoms with E-state index in [1.165, 1.54) is 19.2 Å². The molecule has 0 aliphatic heterocycles. The van der Waals surface area contributed by atoms with Crippen LogP contribution in [0, 0.1) is 0 Å². The number of hydrogen-bond donors (Lipinski definition) is 2. The molecule has 2 rings (SSSR count). The summed E-state index contributed by atoms with van der Waals surface area (Å²) in [7, 11) is -2.23. The minimum atomic E-state index is -3.68. The third-order valence-corrected chi connectivity index (χ3v) is 4.43. The van der Waals surface area contributed by atoms with Crippen molar-refractivity contribution in [2.24, 2.45) is 0 Å². The monoisotopic (exact) mass is 356 g/mol. The van der Waals surface area contributed by atoms with E-state index >= 15 is 0 Å². The van der Waals surface area contributed by atoms with Gasteiger partial charge < -0.3 is 10.5 Å². The topological polar surface area (TPSA) is 81.4 Å². The lowest BCUT2D eigenvalue weighted by atomic mass is 10.2. The number of sulfonamides is 1. The van der Waals surface area contributed by atoms with Crippen LogP contribution in [0.4, 0.5) is 11.4 Å². The van der Waals surface area contributed by atoms with Crippen molar-refractivity contribution in [2.45, 2.75) is 4.90 Å². The van der Waals surface area contributed by atoms with Gasteiger partial charge in [-0.25, -0.2) is 8.42 Å². The number of ether oxygens (including phenoxy) is 1. The number of rotatable bonds is 4. The summed E-state index contributed by atoms with van der Waals surface area (Å²) in [4.78, 5) is 0.158. The van der Waals surface area contributed by atoms with E-state index in [9.17, 15) is 8.42 Å². The molecule has 7 heteroatoms. The van der Waals surface area contributed by atoms with Crippen LogP contribution in [0.5, 0.6) is 5.75 Å². The molecule has 0 spiro atoms. The fourth-order valence-electron chi connectivity index (χ4n) is 1.63. The first-order chi connectivity index (χ1) is 9.42. The summed E-state index contributed by atoms with van der Waals surface area (Å²) in [6, 6.07) is 11.1. The minimum Gasteiger partial charge on any atom is -0.494 e. The molecule has 0 fully saturated rings. The Kier molecular flexibility index (Phi) is 4.20. The molecule has 0 amide bonds. The van der Waals surface area contributed by atoms with E-state index in [0.717, 1.165) is 0 Å². The average molecular weight is 357 g/mol. The number of nitrogens with two attached hydrogens (primary N) is 1. The number of nitrogen functional groups attached to an aromatic ring is 1. The number of nitrogens with one attached hydrogen (secondary N) is 1. The third kappa shape index (κ3) is 3.23. The predicted octanol–water partition coefficient (Wildman–Crippen LogP) is 2.84. The van der Waals surface area contributed by atoms with Crippen molar-refractivity contribution in [1.82, 2.24) is 0 Å². The van der Waals surface area contributed by atoms with Crippen LogP contribution in [0.3, 0.4) is 0 Å². The second-order valence-electron chi connectivity index (χ2n) is 4.02. The molecule has 0 radical (unpaired) electrons. The Hall–Kier alpha value is -1.73. The third-order valence-electron chi connectivity index (χ3n) is 2.58. The van der Waals surface area contributed by atoms with Crippen molar-refractivity contribution in [3.05, 3.63) is 46.9 Å². The summed E-state index contributed by atoms with van der Waals surface area (Å²) in [5.74, 6) is 0.364. The smallest absolute Gasteiger partial charge is 0.262 e. The van der Waals surface area contributed by atoms with Gasteiger partial charge in [0.05, 0.1) is 17.7 Å². The lowest BCUT2D eigenvalue weighted by Crippen LogP contribution is -2.13. The Bertz CT molecular complexity index is 732. The zero-order chi connectivity index (χ0) is 14.8. The molecule has 0 aliphatic rings. The van der Waals surface area contributed by atoms with E-state index in [2.05, 4.69) is 20.7 Å². The van der Waals surface area contributed by atoms with Crippen molar-refractivity contribution in [3.8, 4) is 5.75 Å². The molecule has 2 aromatic rings. The molecule has 0 aliphatic carbocycles. The van der Waals surface area contributed by atoms with Gasteiger partial charge in [0.1, 0.15) is 5.75 Å². The van der Waals surface area contributed by atoms with Crippen LogP contribution in [0.1, 0.15) is 0 Å². The van der Waals surface area contributed by atoms with Gasteiger partial charge in [-0.2, -0.15) is 0 Å². The first-order valence-electron chi connectivity index (χ1n) is 5.64. The Morgan fingerprint density at radius 3 is 2.60 bits per heavy atom. The molecule has 20 heavy (non-hydrogen) atoms. The molecule has 0 atom stereocenters. The molecule has 0 aromatic heterocycles. The van der Waals surface area contributed by atoms with Crippen molar-refractivity contribution in [1.29, 1.82) is 0 Å². The first-order valence-corrected chi connectivity index (χ1v) is 7.92. The maximum atomic E-state index is 12.3. The largest absolute Gasteiger partial charge is 0.494 e. The Labute approximate surface area is 125 Å². The lowest BCUT2D eigenvalue weighted by molar-refractivity contribution is 0.417. The van der Waals surface area contributed by atoms with Gasteiger partial charge in [0.25, 0.3) is 10.0 Å². The van der Waals surface area contributed by atoms with Gasteiger partial charge in [-0.3, -0.25) is 4.72 Å². The Balaban J connectivity index is 2.38. The Morgan fingerprint density at radius 2 is 1.95 bits per heavy atom. The summed E-state index contributed by atoms with van der Waals surface area (Å²) in [6.07, 6.45) is 0. The molecular weight excluding hydrogens is 344 g/mol. The quantitative estimate of drug-likeness (QED) is 0.825. The van der Waals surface area contributed by atoms with Gasteiger partial charge in [0.2, 0.25) is 0 Å². The highest BCUT2D eigenvalue weighted by Gasteiger charge is 2.16. The number of methoxy groups -OCH3 is 1. The van der Waals surface area contributed by atoms with E-state index < -0.39 is 10.0 Å². The van der Waals surface area contributed by atoms with Crippen LogP contribution in [0.2, 0.25) is 0 Å². The van der Waals surface area contributed by atoms with Crippen LogP contribution in [-0.4, -0.2) is 15.5 Å². The second-order valence-corrected chi connectivity index (χ2v) is 6.62. The summed E-state index contributed by atoms with van der Waals surface area (Å²) in [5, 5.41) is 0. The van der Waals surface area contributed by atoms with E-state index in [0.29, 0.717) is 21.6 Å². The molecule has 0 saturated heterocycles. The summed E-state index contributed by atoms with van der Waals surface area (Å²) < 4.78 is 32.9. The van der Waals surface area contributed by atoms with Crippen LogP contribution < -0.4 is 15.2 Å². The van der Waals surface area contributed by atoms with Crippen molar-refractivity contribution in [2.75, 3.05) is 17.6 Å². The molecule has 3 N–H and O–H groups in total. The van der Waals surface area contributed by atoms with Crippen molar-refractivity contribution >= 4 is 37.3 Å². The van der Waals surface area contributed by atoms with E-state index in [1.807, 2.05) is 0 Å². The van der Waals surface area contributed by atoms with Gasteiger partial charge >= 0.3 is 0 Å². The molecular formula is C13H13BrN2O3S. The van der Waals surface area contributed by atoms with Crippen LogP contribution in [0.25, 0.3) is 0 Å². The molecule has 106 valence electrons. The second kappa shape index (κ2) is 5.72. The van der Waals surface area contributed by atoms with Crippen molar-refractivity contribution < 1.29 is 13.2 Å². The predicted molar refractivity (Wildman–Crippen MR) is 82.4 cm³/mol. The number of hydrogen-bond acceptors (Lipinski definition) is 4. The lowest BCUT2D eigenvalue weighted by Gasteiger charge is -2.12. The zero-order valence-corrected chi connectivity index (χ0v) is 13.0. The normalized spacial score (nSPS) is 11.1. The van der Waals surface area contributed by atoms with Gasteiger partial charge in [-0.1, -0.05) is 22.0 Å². The average Bonchev–Trinajstić information content (AvgIpc) is 2.40. The minimum absolute atomic E-state index is 0.158. The van der Waals surface area contributed by atoms with Crippen LogP contribution in [-0.2, 0) is 10.0 Å². The van der Waals surface area contributed by atoms with Gasteiger partial charge in [0.15, 0.2) is 0 Å². The standard InChI is InChI=1S/C13H13BrN2O3S/c1-19-13-8-10(15)5-6-12(13)16-20(17,18)11-4-2-3-9(14)7-11/h2-8,16H,15H2,1H3. The van der Waals surface area contributed by atoms with Gasteiger partial charge in [0, 0.05) is 16.2 Å². The number of halogens is 1. The van der Waals surface area contributed by atoms with Gasteiger partial charge in [-0.15, -0.1) is 0 Å². The highest BCUT2D eigenvalue weighted by Crippen LogP contribution is 2.29. The fraction of sp³-hybridized carbons (Fsp3) is 0.0769. The fourth-order valence-corrected chi connectivity index (χ4v) is 3.30.